The number of amides is 1. The lowest BCUT2D eigenvalue weighted by atomic mass is 10.0. The monoisotopic (exact) mass is 842 g/mol. The van der Waals surface area contributed by atoms with Crippen molar-refractivity contribution in [3.05, 3.63) is 105 Å². The maximum Gasteiger partial charge on any atom is 0.328 e. The zero-order valence-electron chi connectivity index (χ0n) is 40.8. The number of esters is 2. The van der Waals surface area contributed by atoms with Crippen LogP contribution in [0.25, 0.3) is 0 Å². The van der Waals surface area contributed by atoms with E-state index in [9.17, 15) is 14.4 Å². The van der Waals surface area contributed by atoms with Crippen molar-refractivity contribution in [3.63, 3.8) is 0 Å². The lowest BCUT2D eigenvalue weighted by molar-refractivity contribution is -0.151. The van der Waals surface area contributed by atoms with Gasteiger partial charge in [-0.05, 0) is 191 Å². The van der Waals surface area contributed by atoms with Crippen LogP contribution in [0.15, 0.2) is 105 Å². The van der Waals surface area contributed by atoms with Crippen LogP contribution in [0.3, 0.4) is 0 Å². The van der Waals surface area contributed by atoms with E-state index in [1.54, 1.807) is 0 Å². The Balaban J connectivity index is 2.22. The van der Waals surface area contributed by atoms with Gasteiger partial charge in [0.25, 0.3) is 0 Å². The van der Waals surface area contributed by atoms with Gasteiger partial charge in [-0.3, -0.25) is 9.59 Å². The molecule has 0 aliphatic carbocycles. The highest BCUT2D eigenvalue weighted by molar-refractivity contribution is 5.87. The van der Waals surface area contributed by atoms with Crippen molar-refractivity contribution in [1.82, 2.24) is 4.90 Å². The zero-order valence-corrected chi connectivity index (χ0v) is 40.8. The van der Waals surface area contributed by atoms with Crippen molar-refractivity contribution in [1.29, 1.82) is 0 Å². The maximum absolute atomic E-state index is 12.5. The third kappa shape index (κ3) is 29.1. The van der Waals surface area contributed by atoms with E-state index >= 15 is 0 Å². The van der Waals surface area contributed by atoms with Gasteiger partial charge in [-0.2, -0.15) is 0 Å². The predicted octanol–water partition coefficient (Wildman–Crippen LogP) is 15.3. The summed E-state index contributed by atoms with van der Waals surface area (Å²) in [7, 11) is 1.33. The van der Waals surface area contributed by atoms with Crippen LogP contribution in [-0.2, 0) is 23.9 Å². The fourth-order valence-corrected chi connectivity index (χ4v) is 7.38. The van der Waals surface area contributed by atoms with E-state index in [0.29, 0.717) is 13.0 Å². The Morgan fingerprint density at radius 3 is 1.11 bits per heavy atom. The van der Waals surface area contributed by atoms with Gasteiger partial charge in [0.2, 0.25) is 5.91 Å². The normalized spacial score (nSPS) is 16.3. The Labute approximate surface area is 374 Å². The molecule has 1 aliphatic heterocycles. The van der Waals surface area contributed by atoms with Crippen molar-refractivity contribution in [2.75, 3.05) is 20.3 Å². The summed E-state index contributed by atoms with van der Waals surface area (Å²) in [5, 5.41) is 0. The molecule has 61 heavy (non-hydrogen) atoms. The van der Waals surface area contributed by atoms with Crippen LogP contribution < -0.4 is 0 Å². The van der Waals surface area contributed by atoms with Crippen molar-refractivity contribution in [2.45, 2.75) is 204 Å². The van der Waals surface area contributed by atoms with Crippen molar-refractivity contribution >= 4 is 17.8 Å². The minimum absolute atomic E-state index is 0.00857. The average Bonchev–Trinajstić information content (AvgIpc) is 3.70. The molecule has 0 saturated carbocycles. The second-order valence-electron chi connectivity index (χ2n) is 17.9. The highest BCUT2D eigenvalue weighted by atomic mass is 16.5. The molecular weight excluding hydrogens is 755 g/mol. The smallest absolute Gasteiger partial charge is 0.328 e. The lowest BCUT2D eigenvalue weighted by Crippen LogP contribution is -2.41. The number of likely N-dealkylation sites (tertiary alicyclic amines) is 1. The second kappa shape index (κ2) is 33.7. The summed E-state index contributed by atoms with van der Waals surface area (Å²) in [6, 6.07) is -0.537. The lowest BCUT2D eigenvalue weighted by Gasteiger charge is -2.22. The van der Waals surface area contributed by atoms with E-state index in [4.69, 9.17) is 9.47 Å². The van der Waals surface area contributed by atoms with Crippen LogP contribution in [-0.4, -0.2) is 49.0 Å². The van der Waals surface area contributed by atoms with Crippen molar-refractivity contribution in [3.8, 4) is 0 Å². The molecule has 0 aromatic heterocycles. The number of carbonyl (C=O) groups is 3. The van der Waals surface area contributed by atoms with E-state index in [1.165, 1.54) is 75.0 Å². The number of rotatable bonds is 30. The average molecular weight is 842 g/mol. The van der Waals surface area contributed by atoms with E-state index in [-0.39, 0.29) is 25.4 Å². The SMILES string of the molecule is COC(=O)C1CCCN1C(=O)CCC(=O)OC/C=C(\C)CC/C=C(\C)CC/C=C(\C)CC/C=C(\C)CC/C=C(\C)CC/C=C(\C)CC/C=C(\C)CC/C=C(\C)CCC=C(C)C. The third-order valence-electron chi connectivity index (χ3n) is 11.6. The largest absolute Gasteiger partial charge is 0.467 e. The number of hydrogen-bond acceptors (Lipinski definition) is 5. The molecule has 1 amide bonds. The minimum atomic E-state index is -0.537. The first kappa shape index (κ1) is 55.1. The first-order chi connectivity index (χ1) is 29.1. The van der Waals surface area contributed by atoms with Crippen LogP contribution in [0.4, 0.5) is 0 Å². The molecule has 342 valence electrons. The van der Waals surface area contributed by atoms with Crippen LogP contribution in [0.1, 0.15) is 198 Å². The Kier molecular flexibility index (Phi) is 30.4. The van der Waals surface area contributed by atoms with Gasteiger partial charge in [0.15, 0.2) is 0 Å². The van der Waals surface area contributed by atoms with Gasteiger partial charge < -0.3 is 14.4 Å². The van der Waals surface area contributed by atoms with Crippen LogP contribution in [0.2, 0.25) is 0 Å². The second-order valence-corrected chi connectivity index (χ2v) is 17.9. The number of allylic oxidation sites excluding steroid dienone is 17. The molecule has 6 nitrogen and oxygen atoms in total. The molecule has 1 rings (SSSR count). The van der Waals surface area contributed by atoms with Gasteiger partial charge >= 0.3 is 11.9 Å². The van der Waals surface area contributed by atoms with Crippen LogP contribution in [0.5, 0.6) is 0 Å². The highest BCUT2D eigenvalue weighted by Gasteiger charge is 2.34. The van der Waals surface area contributed by atoms with Gasteiger partial charge in [-0.25, -0.2) is 4.79 Å². The molecule has 0 N–H and O–H groups in total. The van der Waals surface area contributed by atoms with Gasteiger partial charge in [0.1, 0.15) is 12.6 Å². The summed E-state index contributed by atoms with van der Waals surface area (Å²) in [6.45, 7) is 23.0. The van der Waals surface area contributed by atoms with Crippen LogP contribution in [0, 0.1) is 0 Å². The first-order valence-electron chi connectivity index (χ1n) is 23.5. The van der Waals surface area contributed by atoms with Gasteiger partial charge in [-0.15, -0.1) is 0 Å². The molecule has 0 spiro atoms. The molecule has 1 atom stereocenters. The Morgan fingerprint density at radius 2 is 0.787 bits per heavy atom. The molecule has 1 aliphatic rings. The summed E-state index contributed by atoms with van der Waals surface area (Å²) in [5.74, 6) is -1.01. The number of nitrogens with zero attached hydrogens (tertiary/aromatic N) is 1. The maximum atomic E-state index is 12.5. The molecule has 1 heterocycles. The Hall–Kier alpha value is -3.93. The van der Waals surface area contributed by atoms with E-state index in [1.807, 2.05) is 6.08 Å². The first-order valence-corrected chi connectivity index (χ1v) is 23.5. The molecule has 0 aromatic rings. The van der Waals surface area contributed by atoms with Crippen molar-refractivity contribution < 1.29 is 23.9 Å². The quantitative estimate of drug-likeness (QED) is 0.0532. The fraction of sp³-hybridized carbons (Fsp3) is 0.618. The standard InChI is InChI=1S/C55H87NO5/c1-43(2)21-12-22-44(3)23-13-24-45(4)25-14-26-46(5)27-15-28-47(6)29-16-30-48(7)31-17-32-49(8)33-18-34-50(9)35-19-36-51(10)40-42-61-54(58)39-38-53(57)56-41-20-37-52(56)55(59)60-11/h21,23,25,27,29,31,33,35,40,52H,12-20,22,24,26,28,30,32,34,36-39,41-42H2,1-11H3/b44-23+,45-25+,46-27+,47-29+,48-31+,49-33+,50-35+,51-40+. The van der Waals surface area contributed by atoms with E-state index in [2.05, 4.69) is 118 Å². The summed E-state index contributed by atoms with van der Waals surface area (Å²) in [6.07, 6.45) is 40.3. The molecule has 6 heteroatoms. The summed E-state index contributed by atoms with van der Waals surface area (Å²) in [5.41, 5.74) is 13.0. The van der Waals surface area contributed by atoms with Gasteiger partial charge in [-0.1, -0.05) is 98.8 Å². The molecule has 1 saturated heterocycles. The van der Waals surface area contributed by atoms with Gasteiger partial charge in [0, 0.05) is 13.0 Å². The summed E-state index contributed by atoms with van der Waals surface area (Å²) < 4.78 is 10.1. The molecule has 0 aromatic carbocycles. The molecule has 0 bridgehead atoms. The topological polar surface area (TPSA) is 72.9 Å². The third-order valence-corrected chi connectivity index (χ3v) is 11.6. The van der Waals surface area contributed by atoms with Crippen molar-refractivity contribution in [2.24, 2.45) is 0 Å². The molecule has 1 fully saturated rings. The van der Waals surface area contributed by atoms with E-state index in [0.717, 1.165) is 96.3 Å². The number of methoxy groups -OCH3 is 1. The number of ether oxygens (including phenoxy) is 2. The van der Waals surface area contributed by atoms with E-state index < -0.39 is 18.0 Å². The number of carbonyl (C=O) groups excluding carboxylic acids is 3. The Morgan fingerprint density at radius 1 is 0.459 bits per heavy atom. The molecule has 0 radical (unpaired) electrons. The van der Waals surface area contributed by atoms with Crippen LogP contribution >= 0.6 is 0 Å². The Bertz CT molecular complexity index is 1620. The fourth-order valence-electron chi connectivity index (χ4n) is 7.38. The summed E-state index contributed by atoms with van der Waals surface area (Å²) >= 11 is 0. The zero-order chi connectivity index (χ0) is 45.4. The number of hydrogen-bond donors (Lipinski definition) is 0. The predicted molar refractivity (Wildman–Crippen MR) is 260 cm³/mol. The summed E-state index contributed by atoms with van der Waals surface area (Å²) in [4.78, 5) is 38.1. The van der Waals surface area contributed by atoms with Gasteiger partial charge in [0.05, 0.1) is 13.5 Å². The minimum Gasteiger partial charge on any atom is -0.467 e. The molecular formula is C55H87NO5. The molecule has 1 unspecified atom stereocenters. The highest BCUT2D eigenvalue weighted by Crippen LogP contribution is 2.21.